The van der Waals surface area contributed by atoms with Gasteiger partial charge in [-0.05, 0) is 23.7 Å². The average molecular weight is 271 g/mol. The van der Waals surface area contributed by atoms with Gasteiger partial charge in [0.1, 0.15) is 0 Å². The molecule has 1 amide bonds. The molecule has 0 radical (unpaired) electrons. The maximum atomic E-state index is 11.9. The highest BCUT2D eigenvalue weighted by molar-refractivity contribution is 5.75. The summed E-state index contributed by atoms with van der Waals surface area (Å²) in [5.74, 6) is 0.181. The van der Waals surface area contributed by atoms with Crippen LogP contribution in [0.15, 0.2) is 0 Å². The summed E-state index contributed by atoms with van der Waals surface area (Å²) < 4.78 is 5.53. The van der Waals surface area contributed by atoms with Crippen molar-refractivity contribution in [2.24, 2.45) is 10.8 Å². The first-order valence-corrected chi connectivity index (χ1v) is 7.33. The minimum atomic E-state index is 0.181. The molecule has 3 nitrogen and oxygen atoms in total. The zero-order chi connectivity index (χ0) is 15.1. The fraction of sp³-hybridized carbons (Fsp3) is 0.938. The van der Waals surface area contributed by atoms with Crippen LogP contribution in [0.25, 0.3) is 0 Å². The molecule has 0 aromatic heterocycles. The van der Waals surface area contributed by atoms with Crippen LogP contribution in [0.4, 0.5) is 0 Å². The number of hydrogen-bond donors (Lipinski definition) is 0. The SMILES string of the molecule is CN(CCC(C)(C)C)C(=O)CCOCCC(C)(C)C. The number of amides is 1. The Labute approximate surface area is 119 Å². The van der Waals surface area contributed by atoms with Crippen LogP contribution in [-0.2, 0) is 9.53 Å². The van der Waals surface area contributed by atoms with Crippen molar-refractivity contribution in [1.29, 1.82) is 0 Å². The summed E-state index contributed by atoms with van der Waals surface area (Å²) in [5.41, 5.74) is 0.575. The van der Waals surface area contributed by atoms with Gasteiger partial charge in [0.15, 0.2) is 0 Å². The third-order valence-electron chi connectivity index (χ3n) is 3.08. The highest BCUT2D eigenvalue weighted by Gasteiger charge is 2.14. The number of ether oxygens (including phenoxy) is 1. The molecular formula is C16H33NO2. The number of rotatable bonds is 7. The van der Waals surface area contributed by atoms with Gasteiger partial charge in [-0.1, -0.05) is 41.5 Å². The lowest BCUT2D eigenvalue weighted by Crippen LogP contribution is -2.30. The van der Waals surface area contributed by atoms with Crippen LogP contribution in [0.3, 0.4) is 0 Å². The van der Waals surface area contributed by atoms with Crippen molar-refractivity contribution in [3.63, 3.8) is 0 Å². The predicted octanol–water partition coefficient (Wildman–Crippen LogP) is 3.72. The summed E-state index contributed by atoms with van der Waals surface area (Å²) in [5, 5.41) is 0. The van der Waals surface area contributed by atoms with Crippen LogP contribution in [0.5, 0.6) is 0 Å². The Morgan fingerprint density at radius 2 is 1.47 bits per heavy atom. The molecule has 0 aliphatic rings. The molecule has 0 aromatic carbocycles. The highest BCUT2D eigenvalue weighted by Crippen LogP contribution is 2.19. The molecule has 0 aliphatic heterocycles. The van der Waals surface area contributed by atoms with Gasteiger partial charge >= 0.3 is 0 Å². The van der Waals surface area contributed by atoms with Gasteiger partial charge < -0.3 is 9.64 Å². The number of nitrogens with zero attached hydrogens (tertiary/aromatic N) is 1. The first-order chi connectivity index (χ1) is 8.51. The fourth-order valence-electron chi connectivity index (χ4n) is 1.46. The molecular weight excluding hydrogens is 238 g/mol. The smallest absolute Gasteiger partial charge is 0.224 e. The topological polar surface area (TPSA) is 29.5 Å². The van der Waals surface area contributed by atoms with Gasteiger partial charge in [-0.3, -0.25) is 4.79 Å². The molecule has 0 fully saturated rings. The summed E-state index contributed by atoms with van der Waals surface area (Å²) >= 11 is 0. The van der Waals surface area contributed by atoms with Crippen molar-refractivity contribution in [3.05, 3.63) is 0 Å². The Hall–Kier alpha value is -0.570. The van der Waals surface area contributed by atoms with Gasteiger partial charge in [-0.25, -0.2) is 0 Å². The molecule has 0 atom stereocenters. The minimum absolute atomic E-state index is 0.181. The second-order valence-corrected chi connectivity index (χ2v) is 7.80. The average Bonchev–Trinajstić information content (AvgIpc) is 2.22. The van der Waals surface area contributed by atoms with Crippen molar-refractivity contribution in [3.8, 4) is 0 Å². The van der Waals surface area contributed by atoms with Gasteiger partial charge in [0.25, 0.3) is 0 Å². The Bertz CT molecular complexity index is 261. The Balaban J connectivity index is 3.69. The summed E-state index contributed by atoms with van der Waals surface area (Å²) in [6, 6.07) is 0. The van der Waals surface area contributed by atoms with Gasteiger partial charge in [-0.2, -0.15) is 0 Å². The van der Waals surface area contributed by atoms with E-state index in [1.807, 2.05) is 11.9 Å². The van der Waals surface area contributed by atoms with E-state index in [4.69, 9.17) is 4.74 Å². The van der Waals surface area contributed by atoms with Gasteiger partial charge in [0, 0.05) is 20.2 Å². The second-order valence-electron chi connectivity index (χ2n) is 7.80. The quantitative estimate of drug-likeness (QED) is 0.660. The van der Waals surface area contributed by atoms with Crippen molar-refractivity contribution >= 4 is 5.91 Å². The van der Waals surface area contributed by atoms with Gasteiger partial charge in [0.05, 0.1) is 13.0 Å². The first kappa shape index (κ1) is 18.4. The Morgan fingerprint density at radius 1 is 0.947 bits per heavy atom. The fourth-order valence-corrected chi connectivity index (χ4v) is 1.46. The van der Waals surface area contributed by atoms with E-state index in [-0.39, 0.29) is 11.3 Å². The van der Waals surface area contributed by atoms with E-state index in [2.05, 4.69) is 41.5 Å². The van der Waals surface area contributed by atoms with E-state index in [1.165, 1.54) is 0 Å². The van der Waals surface area contributed by atoms with E-state index in [0.717, 1.165) is 26.0 Å². The normalized spacial score (nSPS) is 12.6. The summed E-state index contributed by atoms with van der Waals surface area (Å²) in [4.78, 5) is 13.7. The highest BCUT2D eigenvalue weighted by atomic mass is 16.5. The van der Waals surface area contributed by atoms with E-state index in [0.29, 0.717) is 18.4 Å². The van der Waals surface area contributed by atoms with E-state index in [9.17, 15) is 4.79 Å². The van der Waals surface area contributed by atoms with Gasteiger partial charge in [-0.15, -0.1) is 0 Å². The van der Waals surface area contributed by atoms with Crippen molar-refractivity contribution in [1.82, 2.24) is 4.90 Å². The predicted molar refractivity (Wildman–Crippen MR) is 81.2 cm³/mol. The molecule has 0 spiro atoms. The third kappa shape index (κ3) is 12.2. The Kier molecular flexibility index (Phi) is 7.65. The molecule has 0 heterocycles. The summed E-state index contributed by atoms with van der Waals surface area (Å²) in [6.07, 6.45) is 2.55. The molecule has 0 N–H and O–H groups in total. The summed E-state index contributed by atoms with van der Waals surface area (Å²) in [6.45, 7) is 15.3. The number of carbonyl (C=O) groups is 1. The largest absolute Gasteiger partial charge is 0.381 e. The van der Waals surface area contributed by atoms with Crippen LogP contribution in [0, 0.1) is 10.8 Å². The lowest BCUT2D eigenvalue weighted by Gasteiger charge is -2.23. The molecule has 3 heteroatoms. The zero-order valence-electron chi connectivity index (χ0n) is 14.0. The molecule has 0 aromatic rings. The van der Waals surface area contributed by atoms with E-state index in [1.54, 1.807) is 0 Å². The molecule has 0 rings (SSSR count). The molecule has 0 saturated heterocycles. The number of carbonyl (C=O) groups excluding carboxylic acids is 1. The monoisotopic (exact) mass is 271 g/mol. The van der Waals surface area contributed by atoms with Crippen LogP contribution in [0.2, 0.25) is 0 Å². The zero-order valence-corrected chi connectivity index (χ0v) is 14.0. The first-order valence-electron chi connectivity index (χ1n) is 7.33. The van der Waals surface area contributed by atoms with E-state index >= 15 is 0 Å². The number of hydrogen-bond acceptors (Lipinski definition) is 2. The minimum Gasteiger partial charge on any atom is -0.381 e. The lowest BCUT2D eigenvalue weighted by molar-refractivity contribution is -0.131. The van der Waals surface area contributed by atoms with Crippen molar-refractivity contribution in [2.45, 2.75) is 60.8 Å². The standard InChI is InChI=1S/C16H33NO2/c1-15(2,3)9-11-17(7)14(18)8-12-19-13-10-16(4,5)6/h8-13H2,1-7H3. The Morgan fingerprint density at radius 3 is 1.95 bits per heavy atom. The molecule has 0 unspecified atom stereocenters. The van der Waals surface area contributed by atoms with Crippen molar-refractivity contribution < 1.29 is 9.53 Å². The van der Waals surface area contributed by atoms with Crippen LogP contribution >= 0.6 is 0 Å². The molecule has 0 bridgehead atoms. The third-order valence-corrected chi connectivity index (χ3v) is 3.08. The molecule has 0 aliphatic carbocycles. The van der Waals surface area contributed by atoms with Gasteiger partial charge in [0.2, 0.25) is 5.91 Å². The van der Waals surface area contributed by atoms with Crippen molar-refractivity contribution in [2.75, 3.05) is 26.8 Å². The summed E-state index contributed by atoms with van der Waals surface area (Å²) in [7, 11) is 1.88. The molecule has 114 valence electrons. The second kappa shape index (κ2) is 7.88. The van der Waals surface area contributed by atoms with Crippen LogP contribution in [-0.4, -0.2) is 37.6 Å². The van der Waals surface area contributed by atoms with E-state index < -0.39 is 0 Å². The lowest BCUT2D eigenvalue weighted by atomic mass is 9.92. The van der Waals surface area contributed by atoms with Crippen LogP contribution in [0.1, 0.15) is 60.8 Å². The van der Waals surface area contributed by atoms with Crippen LogP contribution < -0.4 is 0 Å². The molecule has 19 heavy (non-hydrogen) atoms. The maximum absolute atomic E-state index is 11.9. The molecule has 0 saturated carbocycles. The maximum Gasteiger partial charge on any atom is 0.224 e.